The fourth-order valence-corrected chi connectivity index (χ4v) is 2.34. The average molecular weight is 193 g/mol. The number of amides is 1. The summed E-state index contributed by atoms with van der Waals surface area (Å²) in [5.41, 5.74) is 1.38. The van der Waals surface area contributed by atoms with Crippen LogP contribution in [0.25, 0.3) is 0 Å². The summed E-state index contributed by atoms with van der Waals surface area (Å²) in [6.07, 6.45) is 10.3. The van der Waals surface area contributed by atoms with Gasteiger partial charge in [-0.1, -0.05) is 11.6 Å². The Kier molecular flexibility index (Phi) is 3.22. The second kappa shape index (κ2) is 4.63. The Bertz CT molecular complexity index is 239. The lowest BCUT2D eigenvalue weighted by molar-refractivity contribution is -0.129. The second-order valence-corrected chi connectivity index (χ2v) is 4.37. The number of carbonyl (C=O) groups excluding carboxylic acids is 1. The number of hydrogen-bond acceptors (Lipinski definition) is 1. The molecular formula is C12H19NO. The van der Waals surface area contributed by atoms with Gasteiger partial charge >= 0.3 is 0 Å². The molecule has 1 amide bonds. The smallest absolute Gasteiger partial charge is 0.226 e. The van der Waals surface area contributed by atoms with Crippen LogP contribution in [0.5, 0.6) is 0 Å². The van der Waals surface area contributed by atoms with E-state index in [0.29, 0.717) is 12.3 Å². The SMILES string of the molecule is O=C(CC1=CCCCC1)N1CCCC1. The molecule has 2 nitrogen and oxygen atoms in total. The molecule has 1 fully saturated rings. The summed E-state index contributed by atoms with van der Waals surface area (Å²) < 4.78 is 0. The lowest BCUT2D eigenvalue weighted by atomic mass is 9.97. The van der Waals surface area contributed by atoms with Gasteiger partial charge in [-0.25, -0.2) is 0 Å². The van der Waals surface area contributed by atoms with E-state index in [2.05, 4.69) is 6.08 Å². The van der Waals surface area contributed by atoms with Crippen molar-refractivity contribution >= 4 is 5.91 Å². The molecule has 1 aliphatic heterocycles. The van der Waals surface area contributed by atoms with Gasteiger partial charge in [0, 0.05) is 19.5 Å². The quantitative estimate of drug-likeness (QED) is 0.617. The van der Waals surface area contributed by atoms with Crippen molar-refractivity contribution in [2.75, 3.05) is 13.1 Å². The van der Waals surface area contributed by atoms with E-state index in [1.54, 1.807) is 0 Å². The number of nitrogens with zero attached hydrogens (tertiary/aromatic N) is 1. The molecule has 78 valence electrons. The van der Waals surface area contributed by atoms with Crippen LogP contribution in [0.3, 0.4) is 0 Å². The third-order valence-electron chi connectivity index (χ3n) is 3.22. The number of hydrogen-bond donors (Lipinski definition) is 0. The molecule has 14 heavy (non-hydrogen) atoms. The Morgan fingerprint density at radius 2 is 2.00 bits per heavy atom. The Labute approximate surface area is 86.0 Å². The van der Waals surface area contributed by atoms with Gasteiger partial charge in [0.05, 0.1) is 0 Å². The van der Waals surface area contributed by atoms with E-state index in [4.69, 9.17) is 0 Å². The molecule has 2 heteroatoms. The molecule has 0 bridgehead atoms. The third kappa shape index (κ3) is 2.37. The zero-order valence-electron chi connectivity index (χ0n) is 8.80. The van der Waals surface area contributed by atoms with Crippen LogP contribution in [-0.4, -0.2) is 23.9 Å². The van der Waals surface area contributed by atoms with Crippen molar-refractivity contribution in [1.29, 1.82) is 0 Å². The lowest BCUT2D eigenvalue weighted by Gasteiger charge is -2.18. The van der Waals surface area contributed by atoms with Crippen molar-refractivity contribution in [1.82, 2.24) is 4.90 Å². The topological polar surface area (TPSA) is 20.3 Å². The number of allylic oxidation sites excluding steroid dienone is 1. The van der Waals surface area contributed by atoms with E-state index in [-0.39, 0.29) is 0 Å². The molecule has 1 aliphatic carbocycles. The Morgan fingerprint density at radius 3 is 2.64 bits per heavy atom. The molecule has 0 radical (unpaired) electrons. The number of likely N-dealkylation sites (tertiary alicyclic amines) is 1. The summed E-state index contributed by atoms with van der Waals surface area (Å²) in [4.78, 5) is 13.8. The predicted octanol–water partition coefficient (Wildman–Crippen LogP) is 2.50. The van der Waals surface area contributed by atoms with Gasteiger partial charge in [0.1, 0.15) is 0 Å². The van der Waals surface area contributed by atoms with Gasteiger partial charge in [-0.3, -0.25) is 4.79 Å². The molecule has 1 saturated heterocycles. The third-order valence-corrected chi connectivity index (χ3v) is 3.22. The van der Waals surface area contributed by atoms with Crippen LogP contribution in [0, 0.1) is 0 Å². The molecule has 1 heterocycles. The van der Waals surface area contributed by atoms with Crippen LogP contribution >= 0.6 is 0 Å². The van der Waals surface area contributed by atoms with Gasteiger partial charge in [-0.15, -0.1) is 0 Å². The fraction of sp³-hybridized carbons (Fsp3) is 0.750. The predicted molar refractivity (Wildman–Crippen MR) is 57.0 cm³/mol. The molecule has 0 atom stereocenters. The zero-order chi connectivity index (χ0) is 9.80. The first-order valence-electron chi connectivity index (χ1n) is 5.82. The molecule has 0 aromatic carbocycles. The Morgan fingerprint density at radius 1 is 1.21 bits per heavy atom. The minimum absolute atomic E-state index is 0.357. The van der Waals surface area contributed by atoms with Crippen molar-refractivity contribution in [3.05, 3.63) is 11.6 Å². The first kappa shape index (κ1) is 9.75. The highest BCUT2D eigenvalue weighted by Crippen LogP contribution is 2.21. The molecule has 2 aliphatic rings. The normalized spacial score (nSPS) is 22.3. The Balaban J connectivity index is 1.83. The van der Waals surface area contributed by atoms with Gasteiger partial charge < -0.3 is 4.90 Å². The molecule has 0 saturated carbocycles. The maximum absolute atomic E-state index is 11.8. The molecule has 2 rings (SSSR count). The van der Waals surface area contributed by atoms with E-state index in [1.807, 2.05) is 4.90 Å². The molecule has 0 spiro atoms. The number of rotatable bonds is 2. The summed E-state index contributed by atoms with van der Waals surface area (Å²) in [5, 5.41) is 0. The van der Waals surface area contributed by atoms with Gasteiger partial charge in [0.2, 0.25) is 5.91 Å². The molecule has 0 N–H and O–H groups in total. The number of carbonyl (C=O) groups is 1. The van der Waals surface area contributed by atoms with Gasteiger partial charge in [-0.05, 0) is 38.5 Å². The van der Waals surface area contributed by atoms with Crippen LogP contribution < -0.4 is 0 Å². The van der Waals surface area contributed by atoms with Crippen LogP contribution in [0.1, 0.15) is 44.9 Å². The summed E-state index contributed by atoms with van der Waals surface area (Å²) in [6.45, 7) is 1.98. The largest absolute Gasteiger partial charge is 0.342 e. The highest BCUT2D eigenvalue weighted by atomic mass is 16.2. The first-order chi connectivity index (χ1) is 6.86. The molecular weight excluding hydrogens is 174 g/mol. The standard InChI is InChI=1S/C12H19NO/c14-12(13-8-4-5-9-13)10-11-6-2-1-3-7-11/h6H,1-5,7-10H2. The van der Waals surface area contributed by atoms with Crippen LogP contribution in [0.4, 0.5) is 0 Å². The Hall–Kier alpha value is -0.790. The lowest BCUT2D eigenvalue weighted by Crippen LogP contribution is -2.27. The van der Waals surface area contributed by atoms with E-state index < -0.39 is 0 Å². The first-order valence-corrected chi connectivity index (χ1v) is 5.82. The second-order valence-electron chi connectivity index (χ2n) is 4.37. The monoisotopic (exact) mass is 193 g/mol. The summed E-state index contributed by atoms with van der Waals surface area (Å²) in [7, 11) is 0. The van der Waals surface area contributed by atoms with Crippen molar-refractivity contribution in [2.24, 2.45) is 0 Å². The van der Waals surface area contributed by atoms with Crippen LogP contribution in [-0.2, 0) is 4.79 Å². The summed E-state index contributed by atoms with van der Waals surface area (Å²) in [6, 6.07) is 0. The van der Waals surface area contributed by atoms with E-state index in [9.17, 15) is 4.79 Å². The van der Waals surface area contributed by atoms with E-state index in [1.165, 1.54) is 37.7 Å². The van der Waals surface area contributed by atoms with Crippen LogP contribution in [0.2, 0.25) is 0 Å². The van der Waals surface area contributed by atoms with Gasteiger partial charge in [0.25, 0.3) is 0 Å². The highest BCUT2D eigenvalue weighted by molar-refractivity contribution is 5.78. The van der Waals surface area contributed by atoms with Crippen molar-refractivity contribution in [3.8, 4) is 0 Å². The van der Waals surface area contributed by atoms with Gasteiger partial charge in [0.15, 0.2) is 0 Å². The van der Waals surface area contributed by atoms with Crippen molar-refractivity contribution in [2.45, 2.75) is 44.9 Å². The maximum Gasteiger partial charge on any atom is 0.226 e. The molecule has 0 aromatic heterocycles. The zero-order valence-corrected chi connectivity index (χ0v) is 8.80. The van der Waals surface area contributed by atoms with Crippen molar-refractivity contribution in [3.63, 3.8) is 0 Å². The molecule has 0 unspecified atom stereocenters. The maximum atomic E-state index is 11.8. The minimum Gasteiger partial charge on any atom is -0.342 e. The summed E-state index contributed by atoms with van der Waals surface area (Å²) in [5.74, 6) is 0.357. The molecule has 0 aromatic rings. The average Bonchev–Trinajstić information content (AvgIpc) is 2.72. The summed E-state index contributed by atoms with van der Waals surface area (Å²) >= 11 is 0. The highest BCUT2D eigenvalue weighted by Gasteiger charge is 2.19. The van der Waals surface area contributed by atoms with Gasteiger partial charge in [-0.2, -0.15) is 0 Å². The van der Waals surface area contributed by atoms with E-state index >= 15 is 0 Å². The van der Waals surface area contributed by atoms with E-state index in [0.717, 1.165) is 19.5 Å². The fourth-order valence-electron chi connectivity index (χ4n) is 2.34. The van der Waals surface area contributed by atoms with Crippen LogP contribution in [0.15, 0.2) is 11.6 Å². The van der Waals surface area contributed by atoms with Crippen molar-refractivity contribution < 1.29 is 4.79 Å². The minimum atomic E-state index is 0.357.